The fourth-order valence-electron chi connectivity index (χ4n) is 10.8. The molecule has 2 aliphatic rings. The molecule has 11 rings (SSSR count). The number of esters is 1. The van der Waals surface area contributed by atoms with E-state index in [2.05, 4.69) is 36.6 Å². The van der Waals surface area contributed by atoms with Crippen molar-refractivity contribution in [1.29, 1.82) is 5.26 Å². The number of aromatic nitrogens is 8. The number of ether oxygens (including phenoxy) is 7. The second-order valence-electron chi connectivity index (χ2n) is 22.3. The maximum Gasteiger partial charge on any atom is 0.389 e. The number of methoxy groups -OCH3 is 2. The van der Waals surface area contributed by atoms with E-state index in [0.29, 0.717) is 33.2 Å². The van der Waals surface area contributed by atoms with Gasteiger partial charge in [-0.1, -0.05) is 110 Å². The smallest absolute Gasteiger partial charge is 0.389 e. The number of hydrogen-bond donors (Lipinski definition) is 2. The number of nitriles is 1. The van der Waals surface area contributed by atoms with Gasteiger partial charge in [-0.25, -0.2) is 24.5 Å². The molecule has 2 aliphatic heterocycles. The monoisotopic (exact) mass is 1370 g/mol. The molecule has 9 aromatic rings. The Labute approximate surface area is 559 Å². The molecule has 0 saturated carbocycles. The van der Waals surface area contributed by atoms with Gasteiger partial charge in [0.2, 0.25) is 11.9 Å². The molecule has 2 amide bonds. The lowest BCUT2D eigenvalue weighted by molar-refractivity contribution is -0.153. The summed E-state index contributed by atoms with van der Waals surface area (Å²) in [6, 6.07) is 39.8. The number of fused-ring (bicyclic) bond motifs is 2. The van der Waals surface area contributed by atoms with Crippen molar-refractivity contribution in [2.45, 2.75) is 95.3 Å². The summed E-state index contributed by atoms with van der Waals surface area (Å²) < 4.78 is 77.1. The first-order valence-electron chi connectivity index (χ1n) is 30.1. The highest BCUT2D eigenvalue weighted by Crippen LogP contribution is 2.63. The van der Waals surface area contributed by atoms with Crippen molar-refractivity contribution in [1.82, 2.24) is 39.0 Å². The highest BCUT2D eigenvalue weighted by atomic mass is 35.5. The lowest BCUT2D eigenvalue weighted by atomic mass is 9.80. The molecule has 2 N–H and O–H groups in total. The minimum Gasteiger partial charge on any atom is -0.497 e. The van der Waals surface area contributed by atoms with E-state index < -0.39 is 79.6 Å². The number of rotatable bonds is 28. The van der Waals surface area contributed by atoms with Crippen molar-refractivity contribution in [2.75, 3.05) is 43.8 Å². The average molecular weight is 1370 g/mol. The van der Waals surface area contributed by atoms with Crippen molar-refractivity contribution in [3.8, 4) is 29.2 Å². The van der Waals surface area contributed by atoms with E-state index in [4.69, 9.17) is 75.4 Å². The molecular weight excluding hydrogens is 1300 g/mol. The van der Waals surface area contributed by atoms with Crippen molar-refractivity contribution in [3.63, 3.8) is 0 Å². The second kappa shape index (κ2) is 30.3. The second-order valence-corrected chi connectivity index (χ2v) is 27.3. The quantitative estimate of drug-likeness (QED) is 0.0199. The van der Waals surface area contributed by atoms with Gasteiger partial charge in [0, 0.05) is 54.0 Å². The standard InChI is InChI=1S/C66H64Cl2N11O14PS/c1-39(2)62(82)76-65-75-61-58(64(77-65)92-49-31-45(67)22-27-48(49)68)73-38-79(61)55-33-51(52(89-55)34-87-66(42-15-10-7-11-16-42,43-18-23-46(85-4)24-19-43)44-20-25-47(86-5)26-21-44)93-94(84,95-30-12-29-69)88-35-53-50(91-56(81)28-17-40(3)80)32-54(90-53)78-37-72-57-59(70-36-71-60(57)78)74-63(83)41-13-8-6-9-14-41/h6-11,13-16,18-27,31,36-39,50-55H,12,17,28,30,32-35H2,1-5H3,(H,70,71,74,83)(H,75,76,77,82)/t50-,51-,52+,53+,54+,55+,94?/m0/s1. The fourth-order valence-corrected chi connectivity index (χ4v) is 14.4. The van der Waals surface area contributed by atoms with Crippen LogP contribution >= 0.6 is 41.4 Å². The van der Waals surface area contributed by atoms with Crippen LogP contribution in [0.2, 0.25) is 10.0 Å². The molecule has 7 atom stereocenters. The number of halogens is 2. The molecule has 0 radical (unpaired) electrons. The molecule has 0 bridgehead atoms. The molecule has 1 unspecified atom stereocenters. The minimum absolute atomic E-state index is 0.00102. The summed E-state index contributed by atoms with van der Waals surface area (Å²) in [6.45, 7) is -0.504. The number of carbonyl (C=O) groups excluding carboxylic acids is 4. The van der Waals surface area contributed by atoms with E-state index in [1.165, 1.54) is 32.0 Å². The van der Waals surface area contributed by atoms with Crippen LogP contribution in [0.1, 0.15) is 92.4 Å². The van der Waals surface area contributed by atoms with Crippen LogP contribution in [0.3, 0.4) is 0 Å². The zero-order valence-electron chi connectivity index (χ0n) is 51.9. The summed E-state index contributed by atoms with van der Waals surface area (Å²) in [4.78, 5) is 79.5. The first-order valence-corrected chi connectivity index (χ1v) is 34.0. The number of nitrogens with one attached hydrogen (secondary N) is 2. The van der Waals surface area contributed by atoms with Gasteiger partial charge in [-0.05, 0) is 83.5 Å². The van der Waals surface area contributed by atoms with Crippen molar-refractivity contribution >= 4 is 99.0 Å². The van der Waals surface area contributed by atoms with E-state index in [-0.39, 0.29) is 101 Å². The first kappa shape index (κ1) is 67.5. The van der Waals surface area contributed by atoms with E-state index in [1.54, 1.807) is 79.7 Å². The lowest BCUT2D eigenvalue weighted by Crippen LogP contribution is -2.38. The third kappa shape index (κ3) is 15.6. The summed E-state index contributed by atoms with van der Waals surface area (Å²) in [5.41, 5.74) is 1.87. The van der Waals surface area contributed by atoms with Gasteiger partial charge in [0.05, 0.1) is 57.6 Å². The molecular formula is C66H64Cl2N11O14PS. The summed E-state index contributed by atoms with van der Waals surface area (Å²) >= 11 is 13.8. The molecule has 4 aromatic heterocycles. The maximum atomic E-state index is 15.9. The SMILES string of the molecule is COc1ccc(C(OC[C@H]2O[C@@H](n3cnc4c(Oc5cc(Cl)ccc5Cl)nc(NC(=O)C(C)C)nc43)C[C@@H]2OP(=O)(OC[C@H]2O[C@@H](n3cnc4c(NC(=O)c5ccccc5)ncnc43)C[C@@H]2OC(=O)CCC(C)=O)SCCC#N)(c2ccccc2)c2ccc(OC)cc2)cc1. The van der Waals surface area contributed by atoms with Crippen molar-refractivity contribution < 1.29 is 65.9 Å². The number of Topliss-reactive ketones (excluding diaryl/α,β-unsaturated/α-hetero) is 1. The van der Waals surface area contributed by atoms with Crippen LogP contribution in [0.25, 0.3) is 22.3 Å². The summed E-state index contributed by atoms with van der Waals surface area (Å²) in [5, 5.41) is 15.9. The Morgan fingerprint density at radius 1 is 0.747 bits per heavy atom. The Balaban J connectivity index is 0.962. The lowest BCUT2D eigenvalue weighted by Gasteiger charge is -2.37. The van der Waals surface area contributed by atoms with E-state index >= 15 is 4.57 Å². The average Bonchev–Trinajstić information content (AvgIpc) is 1.73. The minimum atomic E-state index is -4.52. The van der Waals surface area contributed by atoms with Gasteiger partial charge in [0.15, 0.2) is 28.1 Å². The Morgan fingerprint density at radius 2 is 1.37 bits per heavy atom. The fraction of sp³-hybridized carbons (Fsp3) is 0.318. The van der Waals surface area contributed by atoms with Gasteiger partial charge in [-0.3, -0.25) is 37.9 Å². The van der Waals surface area contributed by atoms with Crippen LogP contribution in [0, 0.1) is 17.2 Å². The zero-order valence-corrected chi connectivity index (χ0v) is 55.1. The molecule has 2 fully saturated rings. The molecule has 6 heterocycles. The Bertz CT molecular complexity index is 4270. The number of amides is 2. The molecule has 2 saturated heterocycles. The van der Waals surface area contributed by atoms with E-state index in [0.717, 1.165) is 16.9 Å². The van der Waals surface area contributed by atoms with Crippen LogP contribution in [0.5, 0.6) is 23.1 Å². The van der Waals surface area contributed by atoms with Gasteiger partial charge in [-0.15, -0.1) is 0 Å². The van der Waals surface area contributed by atoms with Crippen LogP contribution in [-0.2, 0) is 52.5 Å². The normalized spacial score (nSPS) is 18.5. The summed E-state index contributed by atoms with van der Waals surface area (Å²) in [7, 11) is 3.15. The van der Waals surface area contributed by atoms with Gasteiger partial charge in [0.1, 0.15) is 71.8 Å². The van der Waals surface area contributed by atoms with Gasteiger partial charge in [0.25, 0.3) is 11.8 Å². The Hall–Kier alpha value is -8.87. The van der Waals surface area contributed by atoms with Crippen LogP contribution < -0.4 is 24.8 Å². The van der Waals surface area contributed by atoms with Crippen molar-refractivity contribution in [3.05, 3.63) is 179 Å². The van der Waals surface area contributed by atoms with Crippen molar-refractivity contribution in [2.24, 2.45) is 5.92 Å². The largest absolute Gasteiger partial charge is 0.497 e. The summed E-state index contributed by atoms with van der Waals surface area (Å²) in [6.07, 6.45) is -2.77. The maximum absolute atomic E-state index is 15.9. The third-order valence-corrected chi connectivity index (χ3v) is 19.9. The Morgan fingerprint density at radius 3 is 2.01 bits per heavy atom. The van der Waals surface area contributed by atoms with Crippen LogP contribution in [0.15, 0.2) is 146 Å². The third-order valence-electron chi connectivity index (χ3n) is 15.6. The summed E-state index contributed by atoms with van der Waals surface area (Å²) in [5.74, 6) is -1.02. The molecule has 0 aliphatic carbocycles. The topological polar surface area (TPSA) is 303 Å². The Kier molecular flexibility index (Phi) is 21.5. The number of anilines is 2. The molecule has 95 heavy (non-hydrogen) atoms. The van der Waals surface area contributed by atoms with Crippen LogP contribution in [-0.4, -0.2) is 120 Å². The highest BCUT2D eigenvalue weighted by molar-refractivity contribution is 8.55. The molecule has 5 aromatic carbocycles. The number of imidazole rings is 2. The number of benzene rings is 5. The molecule has 25 nitrogen and oxygen atoms in total. The first-order chi connectivity index (χ1) is 45.9. The number of carbonyl (C=O) groups is 4. The predicted octanol–water partition coefficient (Wildman–Crippen LogP) is 12.7. The number of ketones is 1. The predicted molar refractivity (Wildman–Crippen MR) is 351 cm³/mol. The van der Waals surface area contributed by atoms with E-state index in [9.17, 15) is 24.4 Å². The molecule has 492 valence electrons. The van der Waals surface area contributed by atoms with Gasteiger partial charge >= 0.3 is 12.8 Å². The highest BCUT2D eigenvalue weighted by Gasteiger charge is 2.48. The van der Waals surface area contributed by atoms with Crippen LogP contribution in [0.4, 0.5) is 11.8 Å². The van der Waals surface area contributed by atoms with Gasteiger partial charge < -0.3 is 43.3 Å². The number of nitrogens with zero attached hydrogens (tertiary/aromatic N) is 9. The van der Waals surface area contributed by atoms with Gasteiger partial charge in [-0.2, -0.15) is 15.2 Å². The van der Waals surface area contributed by atoms with E-state index in [1.807, 2.05) is 78.9 Å². The zero-order chi connectivity index (χ0) is 66.8. The molecule has 29 heteroatoms. The number of hydrogen-bond acceptors (Lipinski definition) is 22. The molecule has 0 spiro atoms.